The maximum absolute atomic E-state index is 10.3. The molecule has 0 aliphatic carbocycles. The molecule has 4 heteroatoms. The average Bonchev–Trinajstić information content (AvgIpc) is 2.34. The zero-order valence-electron chi connectivity index (χ0n) is 5.29. The van der Waals surface area contributed by atoms with Crippen LogP contribution in [0.5, 0.6) is 0 Å². The summed E-state index contributed by atoms with van der Waals surface area (Å²) in [5.41, 5.74) is 0.974. The molecule has 0 atom stereocenters. The van der Waals surface area contributed by atoms with E-state index in [4.69, 9.17) is 0 Å². The van der Waals surface area contributed by atoms with Gasteiger partial charge in [-0.2, -0.15) is 0 Å². The Morgan fingerprint density at radius 1 is 1.80 bits per heavy atom. The molecule has 3 nitrogen and oxygen atoms in total. The molecule has 0 saturated heterocycles. The van der Waals surface area contributed by atoms with Crippen molar-refractivity contribution in [1.82, 2.24) is 10.3 Å². The number of amides is 1. The van der Waals surface area contributed by atoms with Gasteiger partial charge in [0, 0.05) is 11.9 Å². The Morgan fingerprint density at radius 2 is 2.60 bits per heavy atom. The first-order valence-corrected chi connectivity index (χ1v) is 3.33. The van der Waals surface area contributed by atoms with Crippen LogP contribution in [0, 0.1) is 0 Å². The van der Waals surface area contributed by atoms with E-state index in [0.717, 1.165) is 5.69 Å². The van der Waals surface area contributed by atoms with Crippen molar-refractivity contribution in [3.05, 3.63) is 24.0 Å². The summed E-state index contributed by atoms with van der Waals surface area (Å²) in [6, 6.07) is 3.77. The van der Waals surface area contributed by atoms with Crippen molar-refractivity contribution in [2.45, 2.75) is 6.54 Å². The molecule has 0 spiro atoms. The summed E-state index contributed by atoms with van der Waals surface area (Å²) in [5, 5.41) is 2.23. The Labute approximate surface area is 64.2 Å². The molecule has 0 saturated carbocycles. The van der Waals surface area contributed by atoms with Crippen LogP contribution >= 0.6 is 12.6 Å². The highest BCUT2D eigenvalue weighted by Crippen LogP contribution is 1.92. The molecule has 1 amide bonds. The van der Waals surface area contributed by atoms with Gasteiger partial charge in [-0.1, -0.05) is 12.6 Å². The van der Waals surface area contributed by atoms with Gasteiger partial charge in [0.15, 0.2) is 0 Å². The summed E-state index contributed by atoms with van der Waals surface area (Å²) in [6.45, 7) is 0.509. The predicted octanol–water partition coefficient (Wildman–Crippen LogP) is 1.15. The van der Waals surface area contributed by atoms with Crippen LogP contribution in [0.1, 0.15) is 5.69 Å². The van der Waals surface area contributed by atoms with E-state index in [-0.39, 0.29) is 5.24 Å². The van der Waals surface area contributed by atoms with Crippen LogP contribution in [-0.2, 0) is 6.54 Å². The van der Waals surface area contributed by atoms with Crippen molar-refractivity contribution in [1.29, 1.82) is 0 Å². The highest BCUT2D eigenvalue weighted by molar-refractivity contribution is 7.96. The minimum Gasteiger partial charge on any atom is -0.364 e. The van der Waals surface area contributed by atoms with Crippen LogP contribution < -0.4 is 5.32 Å². The number of rotatable bonds is 2. The van der Waals surface area contributed by atoms with Gasteiger partial charge >= 0.3 is 0 Å². The van der Waals surface area contributed by atoms with E-state index in [1.165, 1.54) is 0 Å². The molecular weight excluding hydrogens is 148 g/mol. The van der Waals surface area contributed by atoms with Crippen molar-refractivity contribution in [2.75, 3.05) is 0 Å². The molecule has 0 fully saturated rings. The Hall–Kier alpha value is -0.900. The van der Waals surface area contributed by atoms with Gasteiger partial charge < -0.3 is 10.3 Å². The van der Waals surface area contributed by atoms with Crippen molar-refractivity contribution in [3.8, 4) is 0 Å². The summed E-state index contributed by atoms with van der Waals surface area (Å²) in [7, 11) is 0. The Balaban J connectivity index is 2.35. The van der Waals surface area contributed by atoms with Crippen molar-refractivity contribution >= 4 is 17.9 Å². The van der Waals surface area contributed by atoms with E-state index >= 15 is 0 Å². The van der Waals surface area contributed by atoms with Crippen molar-refractivity contribution < 1.29 is 4.79 Å². The second-order valence-corrected chi connectivity index (χ2v) is 2.26. The summed E-state index contributed by atoms with van der Waals surface area (Å²) < 4.78 is 0. The number of hydrogen-bond donors (Lipinski definition) is 3. The molecule has 1 rings (SSSR count). The number of H-pyrrole nitrogens is 1. The van der Waals surface area contributed by atoms with Crippen molar-refractivity contribution in [2.24, 2.45) is 0 Å². The van der Waals surface area contributed by atoms with E-state index in [9.17, 15) is 4.79 Å². The van der Waals surface area contributed by atoms with Gasteiger partial charge in [-0.25, -0.2) is 0 Å². The van der Waals surface area contributed by atoms with Gasteiger partial charge in [0.25, 0.3) is 5.24 Å². The zero-order valence-corrected chi connectivity index (χ0v) is 6.19. The predicted molar refractivity (Wildman–Crippen MR) is 42.0 cm³/mol. The number of nitrogens with one attached hydrogen (secondary N) is 2. The minimum absolute atomic E-state index is 0.311. The molecule has 1 aromatic rings. The monoisotopic (exact) mass is 156 g/mol. The Kier molecular flexibility index (Phi) is 2.39. The lowest BCUT2D eigenvalue weighted by atomic mass is 10.4. The number of thiol groups is 1. The smallest absolute Gasteiger partial charge is 0.276 e. The maximum Gasteiger partial charge on any atom is 0.276 e. The molecule has 0 aromatic carbocycles. The number of aromatic amines is 1. The average molecular weight is 156 g/mol. The molecule has 0 radical (unpaired) electrons. The van der Waals surface area contributed by atoms with Gasteiger partial charge in [-0.05, 0) is 12.1 Å². The number of hydrogen-bond acceptors (Lipinski definition) is 1. The molecule has 0 unspecified atom stereocenters. The molecule has 10 heavy (non-hydrogen) atoms. The second kappa shape index (κ2) is 3.31. The second-order valence-electron chi connectivity index (χ2n) is 1.85. The summed E-state index contributed by atoms with van der Waals surface area (Å²) >= 11 is 3.55. The van der Waals surface area contributed by atoms with Crippen molar-refractivity contribution in [3.63, 3.8) is 0 Å². The SMILES string of the molecule is O=C(S)NCc1ccc[nH]1. The fourth-order valence-electron chi connectivity index (χ4n) is 0.648. The third kappa shape index (κ3) is 2.14. The molecule has 54 valence electrons. The summed E-state index contributed by atoms with van der Waals surface area (Å²) in [4.78, 5) is 13.2. The van der Waals surface area contributed by atoms with Crippen LogP contribution in [0.15, 0.2) is 18.3 Å². The van der Waals surface area contributed by atoms with E-state index in [1.54, 1.807) is 6.20 Å². The quantitative estimate of drug-likeness (QED) is 0.553. The van der Waals surface area contributed by atoms with Gasteiger partial charge in [0.05, 0.1) is 6.54 Å². The Morgan fingerprint density at radius 3 is 3.10 bits per heavy atom. The fraction of sp³-hybridized carbons (Fsp3) is 0.167. The normalized spacial score (nSPS) is 9.30. The van der Waals surface area contributed by atoms with Gasteiger partial charge in [-0.3, -0.25) is 4.79 Å². The molecule has 2 N–H and O–H groups in total. The molecular formula is C6H8N2OS. The van der Waals surface area contributed by atoms with Crippen LogP contribution in [0.4, 0.5) is 4.79 Å². The minimum atomic E-state index is -0.311. The first-order valence-electron chi connectivity index (χ1n) is 2.88. The fourth-order valence-corrected chi connectivity index (χ4v) is 0.727. The molecule has 0 bridgehead atoms. The molecule has 0 aliphatic rings. The lowest BCUT2D eigenvalue weighted by molar-refractivity contribution is 0.260. The topological polar surface area (TPSA) is 44.9 Å². The highest BCUT2D eigenvalue weighted by atomic mass is 32.1. The largest absolute Gasteiger partial charge is 0.364 e. The lowest BCUT2D eigenvalue weighted by Gasteiger charge is -1.96. The number of aromatic nitrogens is 1. The van der Waals surface area contributed by atoms with E-state index < -0.39 is 0 Å². The number of carbonyl (C=O) groups excluding carboxylic acids is 1. The standard InChI is InChI=1S/C6H8N2OS/c9-6(10)8-4-5-2-1-3-7-5/h1-3,7H,4H2,(H2,8,9,10). The zero-order chi connectivity index (χ0) is 7.40. The first kappa shape index (κ1) is 7.21. The van der Waals surface area contributed by atoms with Crippen LogP contribution in [0.25, 0.3) is 0 Å². The van der Waals surface area contributed by atoms with Crippen LogP contribution in [0.2, 0.25) is 0 Å². The van der Waals surface area contributed by atoms with E-state index in [0.29, 0.717) is 6.54 Å². The maximum atomic E-state index is 10.3. The van der Waals surface area contributed by atoms with Crippen LogP contribution in [-0.4, -0.2) is 10.2 Å². The summed E-state index contributed by atoms with van der Waals surface area (Å²) in [5.74, 6) is 0. The van der Waals surface area contributed by atoms with Gasteiger partial charge in [-0.15, -0.1) is 0 Å². The number of carbonyl (C=O) groups is 1. The first-order chi connectivity index (χ1) is 4.79. The van der Waals surface area contributed by atoms with Gasteiger partial charge in [0.1, 0.15) is 0 Å². The third-order valence-corrected chi connectivity index (χ3v) is 1.25. The van der Waals surface area contributed by atoms with Crippen LogP contribution in [0.3, 0.4) is 0 Å². The van der Waals surface area contributed by atoms with E-state index in [1.807, 2.05) is 12.1 Å². The third-order valence-electron chi connectivity index (χ3n) is 1.09. The molecule has 0 aliphatic heterocycles. The summed E-state index contributed by atoms with van der Waals surface area (Å²) in [6.07, 6.45) is 1.81. The van der Waals surface area contributed by atoms with E-state index in [2.05, 4.69) is 22.9 Å². The highest BCUT2D eigenvalue weighted by Gasteiger charge is 1.92. The Bertz CT molecular complexity index is 208. The lowest BCUT2D eigenvalue weighted by Crippen LogP contribution is -2.15. The molecule has 1 aromatic heterocycles. The van der Waals surface area contributed by atoms with Gasteiger partial charge in [0.2, 0.25) is 0 Å². The molecule has 1 heterocycles.